The molecule has 0 aromatic carbocycles. The van der Waals surface area contributed by atoms with Gasteiger partial charge in [0.15, 0.2) is 0 Å². The van der Waals surface area contributed by atoms with Crippen molar-refractivity contribution < 1.29 is 17.6 Å². The molecule has 0 aliphatic carbocycles. The lowest BCUT2D eigenvalue weighted by Crippen LogP contribution is -2.08. The number of hydrogen-bond donors (Lipinski definition) is 0. The van der Waals surface area contributed by atoms with Gasteiger partial charge in [-0.05, 0) is 6.08 Å². The Balaban J connectivity index is 2.83. The summed E-state index contributed by atoms with van der Waals surface area (Å²) in [5, 5.41) is 0. The van der Waals surface area contributed by atoms with Gasteiger partial charge in [0.25, 0.3) is 0 Å². The summed E-state index contributed by atoms with van der Waals surface area (Å²) in [5.41, 5.74) is -0.923. The number of rotatable bonds is 2. The van der Waals surface area contributed by atoms with E-state index in [4.69, 9.17) is 4.42 Å². The summed E-state index contributed by atoms with van der Waals surface area (Å²) >= 11 is 0. The van der Waals surface area contributed by atoms with E-state index in [1.54, 1.807) is 13.8 Å². The van der Waals surface area contributed by atoms with E-state index < -0.39 is 17.7 Å². The number of alkyl halides is 3. The molecule has 6 heteroatoms. The zero-order valence-electron chi connectivity index (χ0n) is 9.88. The van der Waals surface area contributed by atoms with Crippen molar-refractivity contribution in [2.45, 2.75) is 25.9 Å². The van der Waals surface area contributed by atoms with E-state index in [1.165, 1.54) is 12.3 Å². The fraction of sp³-hybridized carbons (Fsp3) is 0.333. The molecule has 0 fully saturated rings. The Morgan fingerprint density at radius 2 is 2.06 bits per heavy atom. The highest BCUT2D eigenvalue weighted by Gasteiger charge is 2.40. The number of nitrogens with zero attached hydrogens (tertiary/aromatic N) is 2. The Morgan fingerprint density at radius 3 is 2.56 bits per heavy atom. The Kier molecular flexibility index (Phi) is 2.88. The Hall–Kier alpha value is -1.85. The summed E-state index contributed by atoms with van der Waals surface area (Å²) in [4.78, 5) is 7.70. The minimum absolute atomic E-state index is 0.100. The van der Waals surface area contributed by atoms with Gasteiger partial charge in [-0.3, -0.25) is 0 Å². The lowest BCUT2D eigenvalue weighted by atomic mass is 10.1. The van der Waals surface area contributed by atoms with Crippen LogP contribution in [0.2, 0.25) is 0 Å². The highest BCUT2D eigenvalue weighted by molar-refractivity contribution is 5.76. The standard InChI is InChI=1S/C12H11F3N2O/c1-4-7-5-16-11-9(17-7)8(12(13,14)15)10(18-11)6(2)3/h4-6H,1H2,2-3H3. The first kappa shape index (κ1) is 12.6. The molecule has 2 heterocycles. The number of furan rings is 1. The highest BCUT2D eigenvalue weighted by Crippen LogP contribution is 2.40. The fourth-order valence-corrected chi connectivity index (χ4v) is 1.68. The van der Waals surface area contributed by atoms with Crippen molar-refractivity contribution in [2.24, 2.45) is 0 Å². The predicted octanol–water partition coefficient (Wildman–Crippen LogP) is 4.01. The lowest BCUT2D eigenvalue weighted by Gasteiger charge is -2.08. The summed E-state index contributed by atoms with van der Waals surface area (Å²) in [6.45, 7) is 6.71. The molecule has 0 saturated carbocycles. The van der Waals surface area contributed by atoms with Crippen molar-refractivity contribution in [2.75, 3.05) is 0 Å². The SMILES string of the molecule is C=Cc1cnc2oc(C(C)C)c(C(F)(F)F)c2n1. The summed E-state index contributed by atoms with van der Waals surface area (Å²) in [7, 11) is 0. The van der Waals surface area contributed by atoms with Crippen molar-refractivity contribution in [1.82, 2.24) is 9.97 Å². The zero-order chi connectivity index (χ0) is 13.5. The van der Waals surface area contributed by atoms with Crippen molar-refractivity contribution >= 4 is 17.3 Å². The monoisotopic (exact) mass is 256 g/mol. The molecular formula is C12H11F3N2O. The second-order valence-electron chi connectivity index (χ2n) is 4.15. The largest absolute Gasteiger partial charge is 0.441 e. The third kappa shape index (κ3) is 1.98. The van der Waals surface area contributed by atoms with Crippen LogP contribution >= 0.6 is 0 Å². The van der Waals surface area contributed by atoms with Gasteiger partial charge < -0.3 is 4.42 Å². The zero-order valence-corrected chi connectivity index (χ0v) is 9.88. The van der Waals surface area contributed by atoms with Gasteiger partial charge in [0.1, 0.15) is 16.8 Å². The number of halogens is 3. The molecule has 2 aromatic heterocycles. The summed E-state index contributed by atoms with van der Waals surface area (Å²) in [5.74, 6) is -0.538. The third-order valence-electron chi connectivity index (χ3n) is 2.46. The maximum Gasteiger partial charge on any atom is 0.421 e. The lowest BCUT2D eigenvalue weighted by molar-refractivity contribution is -0.137. The summed E-state index contributed by atoms with van der Waals surface area (Å²) < 4.78 is 44.3. The predicted molar refractivity (Wildman–Crippen MR) is 61.0 cm³/mol. The molecule has 18 heavy (non-hydrogen) atoms. The molecule has 0 N–H and O–H groups in total. The van der Waals surface area contributed by atoms with Crippen molar-refractivity contribution in [3.8, 4) is 0 Å². The van der Waals surface area contributed by atoms with Crippen LogP contribution in [0.25, 0.3) is 17.3 Å². The van der Waals surface area contributed by atoms with Crippen LogP contribution in [0.5, 0.6) is 0 Å². The average molecular weight is 256 g/mol. The first-order chi connectivity index (χ1) is 8.34. The summed E-state index contributed by atoms with van der Waals surface area (Å²) in [6.07, 6.45) is -1.85. The van der Waals surface area contributed by atoms with Gasteiger partial charge in [-0.25, -0.2) is 9.97 Å². The van der Waals surface area contributed by atoms with Gasteiger partial charge in [0.05, 0.1) is 11.9 Å². The molecule has 0 amide bonds. The van der Waals surface area contributed by atoms with E-state index in [0.717, 1.165) is 0 Å². The van der Waals surface area contributed by atoms with Crippen LogP contribution in [0.15, 0.2) is 17.2 Å². The third-order valence-corrected chi connectivity index (χ3v) is 2.46. The molecule has 3 nitrogen and oxygen atoms in total. The van der Waals surface area contributed by atoms with E-state index in [2.05, 4.69) is 16.5 Å². The molecule has 0 atom stereocenters. The van der Waals surface area contributed by atoms with Crippen molar-refractivity contribution in [3.05, 3.63) is 29.8 Å². The van der Waals surface area contributed by atoms with Gasteiger partial charge in [0.2, 0.25) is 5.71 Å². The first-order valence-electron chi connectivity index (χ1n) is 5.33. The average Bonchev–Trinajstić information content (AvgIpc) is 2.66. The molecular weight excluding hydrogens is 245 g/mol. The van der Waals surface area contributed by atoms with Crippen LogP contribution in [-0.2, 0) is 6.18 Å². The highest BCUT2D eigenvalue weighted by atomic mass is 19.4. The molecule has 2 rings (SSSR count). The van der Waals surface area contributed by atoms with E-state index in [1.807, 2.05) is 0 Å². The van der Waals surface area contributed by atoms with Crippen LogP contribution in [0.4, 0.5) is 13.2 Å². The normalized spacial score (nSPS) is 12.3. The second kappa shape index (κ2) is 4.12. The Bertz CT molecular complexity index is 599. The van der Waals surface area contributed by atoms with E-state index in [-0.39, 0.29) is 22.7 Å². The molecule has 0 aliphatic heterocycles. The van der Waals surface area contributed by atoms with Crippen molar-refractivity contribution in [1.29, 1.82) is 0 Å². The molecule has 0 saturated heterocycles. The first-order valence-corrected chi connectivity index (χ1v) is 5.33. The topological polar surface area (TPSA) is 38.9 Å². The fourth-order valence-electron chi connectivity index (χ4n) is 1.68. The summed E-state index contributed by atoms with van der Waals surface area (Å²) in [6, 6.07) is 0. The molecule has 0 radical (unpaired) electrons. The smallest absolute Gasteiger partial charge is 0.421 e. The minimum atomic E-state index is -4.51. The molecule has 0 aliphatic rings. The van der Waals surface area contributed by atoms with Crippen molar-refractivity contribution in [3.63, 3.8) is 0 Å². The molecule has 0 unspecified atom stereocenters. The Morgan fingerprint density at radius 1 is 1.39 bits per heavy atom. The van der Waals surface area contributed by atoms with Gasteiger partial charge in [-0.15, -0.1) is 0 Å². The van der Waals surface area contributed by atoms with Gasteiger partial charge in [-0.2, -0.15) is 13.2 Å². The van der Waals surface area contributed by atoms with E-state index in [9.17, 15) is 13.2 Å². The van der Waals surface area contributed by atoms with E-state index in [0.29, 0.717) is 0 Å². The van der Waals surface area contributed by atoms with Crippen LogP contribution in [0, 0.1) is 0 Å². The molecule has 0 bridgehead atoms. The molecule has 0 spiro atoms. The second-order valence-corrected chi connectivity index (χ2v) is 4.15. The Labute approximate surface area is 101 Å². The van der Waals surface area contributed by atoms with Gasteiger partial charge in [0, 0.05) is 5.92 Å². The quantitative estimate of drug-likeness (QED) is 0.814. The minimum Gasteiger partial charge on any atom is -0.441 e. The van der Waals surface area contributed by atoms with Gasteiger partial charge >= 0.3 is 6.18 Å². The van der Waals surface area contributed by atoms with Gasteiger partial charge in [-0.1, -0.05) is 20.4 Å². The number of aromatic nitrogens is 2. The maximum atomic E-state index is 13.1. The van der Waals surface area contributed by atoms with Crippen LogP contribution in [0.1, 0.15) is 36.8 Å². The van der Waals surface area contributed by atoms with Crippen LogP contribution < -0.4 is 0 Å². The number of fused-ring (bicyclic) bond motifs is 1. The van der Waals surface area contributed by atoms with E-state index >= 15 is 0 Å². The van der Waals surface area contributed by atoms with Crippen LogP contribution in [0.3, 0.4) is 0 Å². The maximum absolute atomic E-state index is 13.1. The molecule has 96 valence electrons. The number of hydrogen-bond acceptors (Lipinski definition) is 3. The molecule has 2 aromatic rings. The van der Waals surface area contributed by atoms with Crippen LogP contribution in [-0.4, -0.2) is 9.97 Å².